The van der Waals surface area contributed by atoms with Crippen LogP contribution in [0.1, 0.15) is 56.3 Å². The summed E-state index contributed by atoms with van der Waals surface area (Å²) in [5.74, 6) is 2.75. The van der Waals surface area contributed by atoms with Crippen LogP contribution in [0.4, 0.5) is 5.82 Å². The van der Waals surface area contributed by atoms with Gasteiger partial charge >= 0.3 is 0 Å². The standard InChI is InChI=1S/C25H35N7OS/c1-2-16-34-25-29-22-4-3-10-26-23(22)32(25)21-8-14-31(15-9-21)24(33)20-6-12-30(13-7-20)18-19-5-11-27-28-17-19/h3-5,11,17,20-21,26H,2,6-10,12-16,18H2,1H3. The Morgan fingerprint density at radius 1 is 1.15 bits per heavy atom. The summed E-state index contributed by atoms with van der Waals surface area (Å²) in [7, 11) is 0. The lowest BCUT2D eigenvalue weighted by Gasteiger charge is -2.38. The number of hydrogen-bond donors (Lipinski definition) is 1. The minimum atomic E-state index is 0.159. The molecule has 0 aliphatic carbocycles. The molecule has 1 amide bonds. The summed E-state index contributed by atoms with van der Waals surface area (Å²) in [6, 6.07) is 2.42. The van der Waals surface area contributed by atoms with Gasteiger partial charge in [-0.25, -0.2) is 4.98 Å². The van der Waals surface area contributed by atoms with Gasteiger partial charge < -0.3 is 14.8 Å². The Morgan fingerprint density at radius 3 is 2.71 bits per heavy atom. The number of rotatable bonds is 7. The van der Waals surface area contributed by atoms with Crippen LogP contribution in [0.25, 0.3) is 6.08 Å². The Labute approximate surface area is 206 Å². The van der Waals surface area contributed by atoms with Crippen LogP contribution in [-0.4, -0.2) is 73.9 Å². The molecule has 0 radical (unpaired) electrons. The molecule has 2 fully saturated rings. The third kappa shape index (κ3) is 5.15. The predicted octanol–water partition coefficient (Wildman–Crippen LogP) is 3.69. The van der Waals surface area contributed by atoms with Crippen molar-refractivity contribution in [1.29, 1.82) is 0 Å². The largest absolute Gasteiger partial charge is 0.366 e. The first kappa shape index (κ1) is 23.4. The normalized spacial score (nSPS) is 19.7. The van der Waals surface area contributed by atoms with Gasteiger partial charge in [0.1, 0.15) is 11.5 Å². The van der Waals surface area contributed by atoms with E-state index in [0.717, 1.165) is 93.8 Å². The van der Waals surface area contributed by atoms with Gasteiger partial charge in [-0.2, -0.15) is 10.2 Å². The fourth-order valence-corrected chi connectivity index (χ4v) is 6.22. The molecule has 182 valence electrons. The Bertz CT molecular complexity index is 992. The van der Waals surface area contributed by atoms with Crippen LogP contribution < -0.4 is 5.32 Å². The second kappa shape index (κ2) is 10.9. The van der Waals surface area contributed by atoms with E-state index in [1.807, 2.05) is 24.0 Å². The zero-order chi connectivity index (χ0) is 23.3. The highest BCUT2D eigenvalue weighted by Gasteiger charge is 2.33. The number of carbonyl (C=O) groups excluding carboxylic acids is 1. The van der Waals surface area contributed by atoms with E-state index in [-0.39, 0.29) is 5.92 Å². The molecule has 0 unspecified atom stereocenters. The highest BCUT2D eigenvalue weighted by atomic mass is 32.2. The number of carbonyl (C=O) groups is 1. The molecule has 1 N–H and O–H groups in total. The summed E-state index contributed by atoms with van der Waals surface area (Å²) in [4.78, 5) is 22.8. The summed E-state index contributed by atoms with van der Waals surface area (Å²) < 4.78 is 2.42. The number of piperidine rings is 2. The highest BCUT2D eigenvalue weighted by Crippen LogP contribution is 2.36. The third-order valence-electron chi connectivity index (χ3n) is 7.13. The number of nitrogens with one attached hydrogen (secondary N) is 1. The molecule has 3 aliphatic heterocycles. The van der Waals surface area contributed by atoms with E-state index in [0.29, 0.717) is 11.9 Å². The summed E-state index contributed by atoms with van der Waals surface area (Å²) in [6.07, 6.45) is 12.9. The van der Waals surface area contributed by atoms with E-state index >= 15 is 0 Å². The number of likely N-dealkylation sites (tertiary alicyclic amines) is 2. The number of amides is 1. The summed E-state index contributed by atoms with van der Waals surface area (Å²) >= 11 is 1.85. The Hall–Kier alpha value is -2.39. The van der Waals surface area contributed by atoms with Crippen molar-refractivity contribution in [2.45, 2.75) is 56.8 Å². The van der Waals surface area contributed by atoms with Gasteiger partial charge in [-0.15, -0.1) is 0 Å². The molecular weight excluding hydrogens is 446 g/mol. The highest BCUT2D eigenvalue weighted by molar-refractivity contribution is 7.99. The molecule has 0 spiro atoms. The zero-order valence-electron chi connectivity index (χ0n) is 20.0. The van der Waals surface area contributed by atoms with Crippen molar-refractivity contribution in [1.82, 2.24) is 29.5 Å². The average Bonchev–Trinajstić information content (AvgIpc) is 3.26. The molecule has 0 aromatic carbocycles. The molecule has 2 aromatic rings. The van der Waals surface area contributed by atoms with E-state index in [9.17, 15) is 4.79 Å². The first-order chi connectivity index (χ1) is 16.7. The molecule has 0 bridgehead atoms. The first-order valence-corrected chi connectivity index (χ1v) is 13.6. The summed E-state index contributed by atoms with van der Waals surface area (Å²) in [6.45, 7) is 7.56. The summed E-state index contributed by atoms with van der Waals surface area (Å²) in [5, 5.41) is 12.5. The van der Waals surface area contributed by atoms with E-state index in [4.69, 9.17) is 4.98 Å². The lowest BCUT2D eigenvalue weighted by atomic mass is 9.93. The fraction of sp³-hybridized carbons (Fsp3) is 0.600. The third-order valence-corrected chi connectivity index (χ3v) is 8.29. The van der Waals surface area contributed by atoms with Crippen LogP contribution in [0.15, 0.2) is 29.7 Å². The lowest BCUT2D eigenvalue weighted by Crippen LogP contribution is -2.45. The zero-order valence-corrected chi connectivity index (χ0v) is 20.8. The number of anilines is 1. The second-order valence-corrected chi connectivity index (χ2v) is 10.5. The van der Waals surface area contributed by atoms with Crippen LogP contribution >= 0.6 is 11.8 Å². The van der Waals surface area contributed by atoms with Crippen LogP contribution in [0.2, 0.25) is 0 Å². The van der Waals surface area contributed by atoms with Crippen molar-refractivity contribution in [3.63, 3.8) is 0 Å². The van der Waals surface area contributed by atoms with Crippen LogP contribution in [0, 0.1) is 5.92 Å². The Kier molecular flexibility index (Phi) is 7.49. The quantitative estimate of drug-likeness (QED) is 0.604. The molecule has 0 saturated carbocycles. The van der Waals surface area contributed by atoms with Crippen molar-refractivity contribution in [3.05, 3.63) is 35.8 Å². The maximum Gasteiger partial charge on any atom is 0.225 e. The Morgan fingerprint density at radius 2 is 1.97 bits per heavy atom. The number of imidazole rings is 1. The molecule has 34 heavy (non-hydrogen) atoms. The minimum Gasteiger partial charge on any atom is -0.366 e. The van der Waals surface area contributed by atoms with E-state index in [1.54, 1.807) is 6.20 Å². The van der Waals surface area contributed by atoms with Crippen LogP contribution in [-0.2, 0) is 11.3 Å². The molecule has 5 rings (SSSR count). The molecule has 8 nitrogen and oxygen atoms in total. The Balaban J connectivity index is 1.16. The van der Waals surface area contributed by atoms with Crippen LogP contribution in [0.5, 0.6) is 0 Å². The van der Waals surface area contributed by atoms with Crippen LogP contribution in [0.3, 0.4) is 0 Å². The topological polar surface area (TPSA) is 79.2 Å². The number of fused-ring (bicyclic) bond motifs is 1. The van der Waals surface area contributed by atoms with Crippen molar-refractivity contribution in [3.8, 4) is 0 Å². The van der Waals surface area contributed by atoms with Gasteiger partial charge in [0.15, 0.2) is 5.16 Å². The smallest absolute Gasteiger partial charge is 0.225 e. The van der Waals surface area contributed by atoms with Gasteiger partial charge in [0.05, 0.1) is 6.20 Å². The second-order valence-electron chi connectivity index (χ2n) is 9.49. The number of hydrogen-bond acceptors (Lipinski definition) is 7. The van der Waals surface area contributed by atoms with Crippen molar-refractivity contribution in [2.24, 2.45) is 5.92 Å². The van der Waals surface area contributed by atoms with E-state index in [2.05, 4.69) is 49.0 Å². The SMILES string of the molecule is CCCSc1nc2c(n1C1CCN(C(=O)C3CCN(Cc4ccnnc4)CC3)CC1)NCC=C2. The average molecular weight is 482 g/mol. The van der Waals surface area contributed by atoms with Crippen molar-refractivity contribution >= 4 is 29.6 Å². The van der Waals surface area contributed by atoms with Crippen molar-refractivity contribution < 1.29 is 4.79 Å². The minimum absolute atomic E-state index is 0.159. The monoisotopic (exact) mass is 481 g/mol. The molecule has 9 heteroatoms. The number of nitrogens with zero attached hydrogens (tertiary/aromatic N) is 6. The molecule has 2 saturated heterocycles. The van der Waals surface area contributed by atoms with Gasteiger partial charge in [0, 0.05) is 50.1 Å². The number of thioether (sulfide) groups is 1. The van der Waals surface area contributed by atoms with Gasteiger partial charge in [-0.3, -0.25) is 9.69 Å². The number of aromatic nitrogens is 4. The predicted molar refractivity (Wildman–Crippen MR) is 136 cm³/mol. The maximum absolute atomic E-state index is 13.3. The molecular formula is C25H35N7OS. The molecule has 0 atom stereocenters. The van der Waals surface area contributed by atoms with Gasteiger partial charge in [0.25, 0.3) is 0 Å². The van der Waals surface area contributed by atoms with Crippen molar-refractivity contribution in [2.75, 3.05) is 43.8 Å². The van der Waals surface area contributed by atoms with Gasteiger partial charge in [-0.1, -0.05) is 24.8 Å². The first-order valence-electron chi connectivity index (χ1n) is 12.6. The van der Waals surface area contributed by atoms with E-state index in [1.165, 1.54) is 5.56 Å². The lowest BCUT2D eigenvalue weighted by molar-refractivity contribution is -0.138. The van der Waals surface area contributed by atoms with Gasteiger partial charge in [-0.05, 0) is 62.9 Å². The molecule has 2 aromatic heterocycles. The maximum atomic E-state index is 13.3. The molecule has 5 heterocycles. The summed E-state index contributed by atoms with van der Waals surface area (Å²) in [5.41, 5.74) is 2.24. The van der Waals surface area contributed by atoms with E-state index < -0.39 is 0 Å². The van der Waals surface area contributed by atoms with Gasteiger partial charge in [0.2, 0.25) is 5.91 Å². The molecule has 3 aliphatic rings. The fourth-order valence-electron chi connectivity index (χ4n) is 5.29.